The van der Waals surface area contributed by atoms with E-state index < -0.39 is 13.8 Å². The summed E-state index contributed by atoms with van der Waals surface area (Å²) in [6.45, 7) is 0. The van der Waals surface area contributed by atoms with Crippen molar-refractivity contribution >= 4 is 76.2 Å². The van der Waals surface area contributed by atoms with E-state index in [0.29, 0.717) is 5.03 Å². The first kappa shape index (κ1) is 16.1. The van der Waals surface area contributed by atoms with E-state index >= 15 is 0 Å². The number of allylic oxidation sites excluding steroid dienone is 2. The molecule has 0 aliphatic carbocycles. The normalized spacial score (nSPS) is 18.6. The maximum atomic E-state index is 6.59. The molecule has 0 atom stereocenters. The molecule has 3 rings (SSSR count). The number of benzene rings is 2. The average molecular weight is 561 g/mol. The molecule has 1 aliphatic heterocycles. The van der Waals surface area contributed by atoms with Crippen LogP contribution in [-0.2, 0) is 0 Å². The Hall–Kier alpha value is 0.250. The Morgan fingerprint density at radius 3 is 2.24 bits per heavy atom. The van der Waals surface area contributed by atoms with E-state index in [1.807, 2.05) is 48.5 Å². The molecule has 5 heteroatoms. The minimum absolute atomic E-state index is 0.700. The Morgan fingerprint density at radius 1 is 0.952 bits per heavy atom. The Balaban J connectivity index is 2.10. The first-order valence-corrected chi connectivity index (χ1v) is 19.7. The van der Waals surface area contributed by atoms with Crippen molar-refractivity contribution in [2.75, 3.05) is 0 Å². The molecule has 0 saturated carbocycles. The molecule has 0 radical (unpaired) electrons. The van der Waals surface area contributed by atoms with Gasteiger partial charge in [0.1, 0.15) is 0 Å². The Morgan fingerprint density at radius 2 is 1.57 bits per heavy atom. The van der Waals surface area contributed by atoms with Gasteiger partial charge >= 0.3 is 152 Å². The fourth-order valence-electron chi connectivity index (χ4n) is 2.17. The molecule has 108 valence electrons. The summed E-state index contributed by atoms with van der Waals surface area (Å²) in [5.74, 6) is 0. The number of hydrogen-bond donors (Lipinski definition) is 0. The van der Waals surface area contributed by atoms with Crippen LogP contribution >= 0.6 is 48.7 Å². The molecule has 0 N–H and O–H groups in total. The van der Waals surface area contributed by atoms with Gasteiger partial charge in [-0.3, -0.25) is 0 Å². The molecule has 0 nitrogen and oxygen atoms in total. The average Bonchev–Trinajstić information content (AvgIpc) is 2.70. The predicted molar refractivity (Wildman–Crippen MR) is 103 cm³/mol. The summed E-state index contributed by atoms with van der Waals surface area (Å²) in [6, 6.07) is 18.1. The zero-order chi connectivity index (χ0) is 15.0. The summed E-state index contributed by atoms with van der Waals surface area (Å²) in [5.41, 5.74) is 2.09. The maximum absolute atomic E-state index is 6.59. The molecule has 1 heterocycles. The van der Waals surface area contributed by atoms with E-state index in [-0.39, 0.29) is 0 Å². The van der Waals surface area contributed by atoms with Crippen molar-refractivity contribution in [2.24, 2.45) is 0 Å². The second-order valence-corrected chi connectivity index (χ2v) is 29.3. The van der Waals surface area contributed by atoms with Gasteiger partial charge in [-0.2, -0.15) is 0 Å². The van der Waals surface area contributed by atoms with E-state index in [2.05, 4.69) is 37.6 Å². The quantitative estimate of drug-likeness (QED) is 0.401. The van der Waals surface area contributed by atoms with Gasteiger partial charge in [-0.1, -0.05) is 0 Å². The molecule has 1 aliphatic rings. The van der Waals surface area contributed by atoms with Gasteiger partial charge in [0.25, 0.3) is 0 Å². The second kappa shape index (κ2) is 6.40. The summed E-state index contributed by atoms with van der Waals surface area (Å²) in [5, 5.41) is 1.49. The zero-order valence-corrected chi connectivity index (χ0v) is 17.7. The van der Waals surface area contributed by atoms with Crippen LogP contribution in [0.2, 0.25) is 0 Å². The van der Waals surface area contributed by atoms with Crippen LogP contribution in [0.3, 0.4) is 0 Å². The predicted octanol–water partition coefficient (Wildman–Crippen LogP) is 5.91. The van der Waals surface area contributed by atoms with Crippen LogP contribution in [-0.4, -0.2) is 13.8 Å². The van der Waals surface area contributed by atoms with Crippen LogP contribution in [0.1, 0.15) is 11.1 Å². The monoisotopic (exact) mass is 560 g/mol. The summed E-state index contributed by atoms with van der Waals surface area (Å²) >= 11 is 18.2. The van der Waals surface area contributed by atoms with Crippen LogP contribution < -0.4 is 3.61 Å². The number of halogens is 4. The zero-order valence-electron chi connectivity index (χ0n) is 10.7. The number of fused-ring (bicyclic) bond motifs is 1. The van der Waals surface area contributed by atoms with Gasteiger partial charge < -0.3 is 0 Å². The number of hydrogen-bond acceptors (Lipinski definition) is 0. The van der Waals surface area contributed by atoms with Crippen molar-refractivity contribution in [2.45, 2.75) is 0 Å². The fraction of sp³-hybridized carbons (Fsp3) is 0. The van der Waals surface area contributed by atoms with E-state index in [1.165, 1.54) is 3.61 Å². The van der Waals surface area contributed by atoms with E-state index in [4.69, 9.17) is 23.2 Å². The van der Waals surface area contributed by atoms with Crippen molar-refractivity contribution in [1.82, 2.24) is 0 Å². The van der Waals surface area contributed by atoms with Crippen molar-refractivity contribution in [3.05, 3.63) is 75.4 Å². The molecule has 2 aromatic rings. The van der Waals surface area contributed by atoms with Gasteiger partial charge in [0.15, 0.2) is 0 Å². The van der Waals surface area contributed by atoms with Gasteiger partial charge in [0.05, 0.1) is 0 Å². The van der Waals surface area contributed by atoms with E-state index in [1.54, 1.807) is 0 Å². The molecule has 0 bridgehead atoms. The van der Waals surface area contributed by atoms with Crippen LogP contribution in [0.25, 0.3) is 10.1 Å². The molecule has 0 saturated heterocycles. The molecule has 0 amide bonds. The van der Waals surface area contributed by atoms with Crippen LogP contribution in [0.15, 0.2) is 64.3 Å². The summed E-state index contributed by atoms with van der Waals surface area (Å²) in [6.07, 6.45) is 1.99. The van der Waals surface area contributed by atoms with E-state index in [9.17, 15) is 0 Å². The van der Waals surface area contributed by atoms with Gasteiger partial charge in [-0.05, 0) is 0 Å². The first-order chi connectivity index (χ1) is 10.0. The minimum atomic E-state index is -2.74. The van der Waals surface area contributed by atoms with Crippen molar-refractivity contribution in [1.29, 1.82) is 0 Å². The summed E-state index contributed by atoms with van der Waals surface area (Å²) < 4.78 is 2.36. The SMILES string of the molecule is ClC1=C(/C=C(\Cl)c2ccccc2)[Te](Br)(Br)c2ccccc21. The first-order valence-electron chi connectivity index (χ1n) is 6.16. The third-order valence-electron chi connectivity index (χ3n) is 3.20. The molecule has 0 spiro atoms. The third-order valence-corrected chi connectivity index (χ3v) is 18.7. The van der Waals surface area contributed by atoms with Gasteiger partial charge in [-0.15, -0.1) is 0 Å². The molecule has 0 unspecified atom stereocenters. The molecule has 21 heavy (non-hydrogen) atoms. The molecule has 2 aromatic carbocycles. The van der Waals surface area contributed by atoms with E-state index in [0.717, 1.165) is 19.8 Å². The molecule has 0 fully saturated rings. The van der Waals surface area contributed by atoms with Crippen LogP contribution in [0.5, 0.6) is 0 Å². The van der Waals surface area contributed by atoms with Crippen LogP contribution in [0, 0.1) is 0 Å². The van der Waals surface area contributed by atoms with Crippen molar-refractivity contribution in [3.63, 3.8) is 0 Å². The van der Waals surface area contributed by atoms with Crippen LogP contribution in [0.4, 0.5) is 0 Å². The fourth-order valence-corrected chi connectivity index (χ4v) is 16.6. The molecular weight excluding hydrogens is 550 g/mol. The Bertz CT molecular complexity index is 752. The van der Waals surface area contributed by atoms with Crippen molar-refractivity contribution < 1.29 is 0 Å². The van der Waals surface area contributed by atoms with Gasteiger partial charge in [0.2, 0.25) is 0 Å². The Kier molecular flexibility index (Phi) is 4.91. The summed E-state index contributed by atoms with van der Waals surface area (Å²) in [7, 11) is 0. The summed E-state index contributed by atoms with van der Waals surface area (Å²) in [4.78, 5) is 0. The van der Waals surface area contributed by atoms with Gasteiger partial charge in [0, 0.05) is 0 Å². The Labute approximate surface area is 150 Å². The number of rotatable bonds is 2. The van der Waals surface area contributed by atoms with Crippen molar-refractivity contribution in [3.8, 4) is 0 Å². The topological polar surface area (TPSA) is 0 Å². The second-order valence-electron chi connectivity index (χ2n) is 4.50. The molecular formula is C16H10Br2Cl2Te. The van der Waals surface area contributed by atoms with Gasteiger partial charge in [-0.25, -0.2) is 0 Å². The third kappa shape index (κ3) is 3.02. The standard InChI is InChI=1S/C16H10Br2Cl2Te/c17-21(18)14-9-5-4-8-12(14)16(20)15(21)10-13(19)11-6-2-1-3-7-11/h1-10H/b13-10-. The molecule has 0 aromatic heterocycles.